The summed E-state index contributed by atoms with van der Waals surface area (Å²) < 4.78 is 13.6. The zero-order valence-electron chi connectivity index (χ0n) is 9.34. The maximum atomic E-state index is 13.6. The maximum absolute atomic E-state index is 13.6. The average molecular weight is 287 g/mol. The van der Waals surface area contributed by atoms with Crippen molar-refractivity contribution in [1.29, 1.82) is 0 Å². The minimum Gasteiger partial charge on any atom is -0.357 e. The highest BCUT2D eigenvalue weighted by Crippen LogP contribution is 2.26. The standard InChI is InChI=1S/C11H9Cl2FN4/c1-15-11-16-5-7(13)10(18-11)17-9-3-2-6(12)4-8(9)14/h2-5H,1H3,(H2,15,16,17,18). The molecule has 2 aromatic rings. The Bertz CT molecular complexity index is 577. The van der Waals surface area contributed by atoms with Crippen molar-refractivity contribution in [2.75, 3.05) is 17.7 Å². The van der Waals surface area contributed by atoms with Crippen molar-refractivity contribution in [1.82, 2.24) is 9.97 Å². The fourth-order valence-electron chi connectivity index (χ4n) is 1.29. The third kappa shape index (κ3) is 2.80. The van der Waals surface area contributed by atoms with E-state index >= 15 is 0 Å². The fourth-order valence-corrected chi connectivity index (χ4v) is 1.59. The van der Waals surface area contributed by atoms with Crippen molar-refractivity contribution in [2.24, 2.45) is 0 Å². The molecule has 0 spiro atoms. The van der Waals surface area contributed by atoms with Crippen LogP contribution in [-0.2, 0) is 0 Å². The van der Waals surface area contributed by atoms with Crippen LogP contribution in [0.25, 0.3) is 0 Å². The molecule has 2 N–H and O–H groups in total. The molecule has 0 saturated carbocycles. The van der Waals surface area contributed by atoms with Gasteiger partial charge in [-0.05, 0) is 18.2 Å². The fraction of sp³-hybridized carbons (Fsp3) is 0.0909. The molecule has 0 saturated heterocycles. The number of nitrogens with zero attached hydrogens (tertiary/aromatic N) is 2. The van der Waals surface area contributed by atoms with Crippen LogP contribution in [0.4, 0.5) is 21.8 Å². The number of benzene rings is 1. The molecule has 0 fully saturated rings. The van der Waals surface area contributed by atoms with Gasteiger partial charge in [0.1, 0.15) is 10.8 Å². The van der Waals surface area contributed by atoms with Crippen LogP contribution in [0.5, 0.6) is 0 Å². The smallest absolute Gasteiger partial charge is 0.224 e. The van der Waals surface area contributed by atoms with Crippen LogP contribution in [0.3, 0.4) is 0 Å². The first-order valence-electron chi connectivity index (χ1n) is 5.02. The molecule has 94 valence electrons. The summed E-state index contributed by atoms with van der Waals surface area (Å²) in [6.45, 7) is 0. The molecule has 7 heteroatoms. The van der Waals surface area contributed by atoms with E-state index < -0.39 is 5.82 Å². The number of aromatic nitrogens is 2. The lowest BCUT2D eigenvalue weighted by atomic mass is 10.3. The van der Waals surface area contributed by atoms with Gasteiger partial charge in [-0.3, -0.25) is 0 Å². The van der Waals surface area contributed by atoms with E-state index in [-0.39, 0.29) is 5.69 Å². The Morgan fingerprint density at radius 2 is 2.06 bits per heavy atom. The molecule has 0 bridgehead atoms. The van der Waals surface area contributed by atoms with Gasteiger partial charge in [0.05, 0.1) is 11.9 Å². The Kier molecular flexibility index (Phi) is 3.84. The second-order valence-electron chi connectivity index (χ2n) is 3.39. The quantitative estimate of drug-likeness (QED) is 0.903. The second kappa shape index (κ2) is 5.37. The molecule has 0 amide bonds. The number of nitrogens with one attached hydrogen (secondary N) is 2. The van der Waals surface area contributed by atoms with Crippen LogP contribution in [0.1, 0.15) is 0 Å². The number of halogens is 3. The van der Waals surface area contributed by atoms with Gasteiger partial charge in [-0.1, -0.05) is 23.2 Å². The average Bonchev–Trinajstić information content (AvgIpc) is 2.35. The lowest BCUT2D eigenvalue weighted by Gasteiger charge is -2.09. The predicted molar refractivity (Wildman–Crippen MR) is 71.3 cm³/mol. The third-order valence-corrected chi connectivity index (χ3v) is 2.66. The third-order valence-electron chi connectivity index (χ3n) is 2.15. The summed E-state index contributed by atoms with van der Waals surface area (Å²) in [5.41, 5.74) is 0.238. The SMILES string of the molecule is CNc1ncc(Cl)c(Nc2ccc(Cl)cc2F)n1. The summed E-state index contributed by atoms with van der Waals surface area (Å²) in [4.78, 5) is 8.01. The monoisotopic (exact) mass is 286 g/mol. The van der Waals surface area contributed by atoms with E-state index in [1.54, 1.807) is 13.1 Å². The van der Waals surface area contributed by atoms with E-state index in [2.05, 4.69) is 20.6 Å². The summed E-state index contributed by atoms with van der Waals surface area (Å²) in [6.07, 6.45) is 1.43. The van der Waals surface area contributed by atoms with Crippen molar-refractivity contribution >= 4 is 40.7 Å². The molecule has 0 radical (unpaired) electrons. The van der Waals surface area contributed by atoms with Gasteiger partial charge in [-0.15, -0.1) is 0 Å². The van der Waals surface area contributed by atoms with Gasteiger partial charge in [0.25, 0.3) is 0 Å². The Morgan fingerprint density at radius 1 is 1.28 bits per heavy atom. The van der Waals surface area contributed by atoms with Gasteiger partial charge in [0.15, 0.2) is 5.82 Å². The highest BCUT2D eigenvalue weighted by molar-refractivity contribution is 6.33. The van der Waals surface area contributed by atoms with Crippen LogP contribution in [0.15, 0.2) is 24.4 Å². The second-order valence-corrected chi connectivity index (χ2v) is 4.23. The molecule has 1 heterocycles. The van der Waals surface area contributed by atoms with E-state index in [4.69, 9.17) is 23.2 Å². The van der Waals surface area contributed by atoms with Crippen molar-refractivity contribution in [3.05, 3.63) is 40.3 Å². The number of hydrogen-bond donors (Lipinski definition) is 2. The number of hydrogen-bond acceptors (Lipinski definition) is 4. The first-order valence-corrected chi connectivity index (χ1v) is 5.78. The minimum atomic E-state index is -0.483. The van der Waals surface area contributed by atoms with Gasteiger partial charge in [0, 0.05) is 12.1 Å². The molecule has 0 atom stereocenters. The summed E-state index contributed by atoms with van der Waals surface area (Å²) in [6, 6.07) is 4.29. The van der Waals surface area contributed by atoms with E-state index in [9.17, 15) is 4.39 Å². The van der Waals surface area contributed by atoms with Crippen LogP contribution < -0.4 is 10.6 Å². The summed E-state index contributed by atoms with van der Waals surface area (Å²) in [5.74, 6) is 0.219. The molecule has 0 aliphatic heterocycles. The molecule has 0 aliphatic carbocycles. The molecule has 1 aromatic carbocycles. The topological polar surface area (TPSA) is 49.8 Å². The van der Waals surface area contributed by atoms with E-state index in [1.807, 2.05) is 0 Å². The van der Waals surface area contributed by atoms with Gasteiger partial charge in [0.2, 0.25) is 5.95 Å². The number of anilines is 3. The first kappa shape index (κ1) is 12.9. The minimum absolute atomic E-state index is 0.238. The Morgan fingerprint density at radius 3 is 2.72 bits per heavy atom. The van der Waals surface area contributed by atoms with Crippen LogP contribution in [-0.4, -0.2) is 17.0 Å². The van der Waals surface area contributed by atoms with Crippen molar-refractivity contribution in [2.45, 2.75) is 0 Å². The molecule has 2 rings (SSSR count). The zero-order chi connectivity index (χ0) is 13.1. The molecular weight excluding hydrogens is 278 g/mol. The van der Waals surface area contributed by atoms with Gasteiger partial charge in [-0.2, -0.15) is 4.98 Å². The van der Waals surface area contributed by atoms with Gasteiger partial charge in [-0.25, -0.2) is 9.37 Å². The maximum Gasteiger partial charge on any atom is 0.224 e. The Balaban J connectivity index is 2.33. The van der Waals surface area contributed by atoms with Crippen molar-refractivity contribution in [3.8, 4) is 0 Å². The molecule has 18 heavy (non-hydrogen) atoms. The van der Waals surface area contributed by atoms with E-state index in [0.29, 0.717) is 21.8 Å². The molecule has 4 nitrogen and oxygen atoms in total. The van der Waals surface area contributed by atoms with Crippen LogP contribution >= 0.6 is 23.2 Å². The lowest BCUT2D eigenvalue weighted by molar-refractivity contribution is 0.632. The molecule has 0 unspecified atom stereocenters. The van der Waals surface area contributed by atoms with Crippen molar-refractivity contribution < 1.29 is 4.39 Å². The highest BCUT2D eigenvalue weighted by atomic mass is 35.5. The van der Waals surface area contributed by atoms with Gasteiger partial charge < -0.3 is 10.6 Å². The van der Waals surface area contributed by atoms with Crippen molar-refractivity contribution in [3.63, 3.8) is 0 Å². The Labute approximate surface area is 113 Å². The van der Waals surface area contributed by atoms with E-state index in [1.165, 1.54) is 18.3 Å². The van der Waals surface area contributed by atoms with Crippen LogP contribution in [0, 0.1) is 5.82 Å². The van der Waals surface area contributed by atoms with E-state index in [0.717, 1.165) is 0 Å². The lowest BCUT2D eigenvalue weighted by Crippen LogP contribution is -2.02. The number of rotatable bonds is 3. The zero-order valence-corrected chi connectivity index (χ0v) is 10.8. The summed E-state index contributed by atoms with van der Waals surface area (Å²) in [5, 5.41) is 6.17. The Hall–Kier alpha value is -1.59. The normalized spacial score (nSPS) is 10.2. The molecular formula is C11H9Cl2FN4. The van der Waals surface area contributed by atoms with Crippen LogP contribution in [0.2, 0.25) is 10.0 Å². The summed E-state index contributed by atoms with van der Waals surface area (Å²) in [7, 11) is 1.68. The van der Waals surface area contributed by atoms with Gasteiger partial charge >= 0.3 is 0 Å². The molecule has 0 aliphatic rings. The predicted octanol–water partition coefficient (Wildman–Crippen LogP) is 3.71. The first-order chi connectivity index (χ1) is 8.60. The highest BCUT2D eigenvalue weighted by Gasteiger charge is 2.08. The largest absolute Gasteiger partial charge is 0.357 e. The summed E-state index contributed by atoms with van der Waals surface area (Å²) >= 11 is 11.6. The molecule has 1 aromatic heterocycles.